The molecule has 2 N–H and O–H groups in total. The highest BCUT2D eigenvalue weighted by Gasteiger charge is 2.19. The van der Waals surface area contributed by atoms with Crippen molar-refractivity contribution in [1.29, 1.82) is 0 Å². The van der Waals surface area contributed by atoms with Crippen molar-refractivity contribution >= 4 is 23.2 Å². The molecular formula is C15H15ClN2O2. The van der Waals surface area contributed by atoms with Gasteiger partial charge in [0.15, 0.2) is 0 Å². The molecule has 2 aromatic rings. The van der Waals surface area contributed by atoms with Gasteiger partial charge in [0.1, 0.15) is 5.69 Å². The SMILES string of the molecule is CCC(C(=O)Nc1c[nH]ccc1=O)c1cccc(Cl)c1. The molecule has 0 radical (unpaired) electrons. The summed E-state index contributed by atoms with van der Waals surface area (Å²) in [5.74, 6) is -0.556. The van der Waals surface area contributed by atoms with E-state index in [0.29, 0.717) is 11.4 Å². The zero-order valence-corrected chi connectivity index (χ0v) is 11.8. The lowest BCUT2D eigenvalue weighted by molar-refractivity contribution is -0.117. The average Bonchev–Trinajstić information content (AvgIpc) is 2.42. The van der Waals surface area contributed by atoms with Crippen LogP contribution in [0.2, 0.25) is 5.02 Å². The molecule has 1 atom stereocenters. The smallest absolute Gasteiger partial charge is 0.232 e. The maximum Gasteiger partial charge on any atom is 0.232 e. The van der Waals surface area contributed by atoms with Gasteiger partial charge in [-0.3, -0.25) is 9.59 Å². The summed E-state index contributed by atoms with van der Waals surface area (Å²) in [6, 6.07) is 8.57. The minimum absolute atomic E-state index is 0.216. The standard InChI is InChI=1S/C15H15ClN2O2/c1-2-12(10-4-3-5-11(16)8-10)15(20)18-13-9-17-7-6-14(13)19/h3-9,12H,2H2,1H3,(H,17,19)(H,18,20). The van der Waals surface area contributed by atoms with Crippen LogP contribution in [-0.2, 0) is 4.79 Å². The Hall–Kier alpha value is -2.07. The summed E-state index contributed by atoms with van der Waals surface area (Å²) >= 11 is 5.95. The van der Waals surface area contributed by atoms with Crippen molar-refractivity contribution < 1.29 is 4.79 Å². The van der Waals surface area contributed by atoms with Crippen LogP contribution in [0.5, 0.6) is 0 Å². The Bertz CT molecular complexity index is 667. The third-order valence-corrected chi connectivity index (χ3v) is 3.29. The fourth-order valence-corrected chi connectivity index (χ4v) is 2.23. The van der Waals surface area contributed by atoms with Gasteiger partial charge in [-0.2, -0.15) is 0 Å². The van der Waals surface area contributed by atoms with Gasteiger partial charge in [-0.1, -0.05) is 30.7 Å². The first-order valence-electron chi connectivity index (χ1n) is 6.35. The lowest BCUT2D eigenvalue weighted by atomic mass is 9.95. The van der Waals surface area contributed by atoms with Crippen LogP contribution in [0.4, 0.5) is 5.69 Å². The number of halogens is 1. The molecule has 1 aromatic carbocycles. The number of carbonyl (C=O) groups is 1. The van der Waals surface area contributed by atoms with Gasteiger partial charge in [0, 0.05) is 23.5 Å². The van der Waals surface area contributed by atoms with Crippen molar-refractivity contribution in [2.45, 2.75) is 19.3 Å². The van der Waals surface area contributed by atoms with Gasteiger partial charge in [0.2, 0.25) is 11.3 Å². The molecule has 0 spiro atoms. The number of anilines is 1. The van der Waals surface area contributed by atoms with Crippen molar-refractivity contribution in [3.05, 3.63) is 63.5 Å². The molecule has 2 rings (SSSR count). The second-order valence-corrected chi connectivity index (χ2v) is 4.86. The summed E-state index contributed by atoms with van der Waals surface area (Å²) in [5.41, 5.74) is 0.862. The second-order valence-electron chi connectivity index (χ2n) is 4.43. The molecule has 0 saturated heterocycles. The molecule has 0 aliphatic heterocycles. The van der Waals surface area contributed by atoms with E-state index in [2.05, 4.69) is 10.3 Å². The fourth-order valence-electron chi connectivity index (χ4n) is 2.03. The summed E-state index contributed by atoms with van der Waals surface area (Å²) in [5, 5.41) is 3.24. The zero-order valence-electron chi connectivity index (χ0n) is 11.0. The van der Waals surface area contributed by atoms with Crippen molar-refractivity contribution in [3.8, 4) is 0 Å². The number of H-pyrrole nitrogens is 1. The summed E-state index contributed by atoms with van der Waals surface area (Å²) < 4.78 is 0. The Morgan fingerprint density at radius 1 is 1.40 bits per heavy atom. The van der Waals surface area contributed by atoms with Gasteiger partial charge in [-0.15, -0.1) is 0 Å². The minimum atomic E-state index is -0.340. The molecule has 1 aromatic heterocycles. The monoisotopic (exact) mass is 290 g/mol. The largest absolute Gasteiger partial charge is 0.366 e. The van der Waals surface area contributed by atoms with E-state index in [1.54, 1.807) is 12.1 Å². The highest BCUT2D eigenvalue weighted by molar-refractivity contribution is 6.30. The molecule has 104 valence electrons. The lowest BCUT2D eigenvalue weighted by Crippen LogP contribution is -2.24. The van der Waals surface area contributed by atoms with Gasteiger partial charge in [0.05, 0.1) is 5.92 Å². The van der Waals surface area contributed by atoms with E-state index in [-0.39, 0.29) is 22.9 Å². The highest BCUT2D eigenvalue weighted by atomic mass is 35.5. The van der Waals surface area contributed by atoms with E-state index in [1.165, 1.54) is 18.5 Å². The van der Waals surface area contributed by atoms with Crippen molar-refractivity contribution in [2.75, 3.05) is 5.32 Å². The molecule has 1 heterocycles. The van der Waals surface area contributed by atoms with Gasteiger partial charge in [-0.25, -0.2) is 0 Å². The molecule has 5 heteroatoms. The Balaban J connectivity index is 2.22. The van der Waals surface area contributed by atoms with Crippen LogP contribution in [0.25, 0.3) is 0 Å². The number of hydrogen-bond donors (Lipinski definition) is 2. The molecule has 20 heavy (non-hydrogen) atoms. The molecule has 0 saturated carbocycles. The molecule has 0 bridgehead atoms. The third-order valence-electron chi connectivity index (χ3n) is 3.06. The van der Waals surface area contributed by atoms with Crippen LogP contribution < -0.4 is 10.7 Å². The van der Waals surface area contributed by atoms with Crippen LogP contribution in [-0.4, -0.2) is 10.9 Å². The molecule has 4 nitrogen and oxygen atoms in total. The number of carbonyl (C=O) groups excluding carboxylic acids is 1. The number of amides is 1. The zero-order chi connectivity index (χ0) is 14.5. The van der Waals surface area contributed by atoms with E-state index in [9.17, 15) is 9.59 Å². The third kappa shape index (κ3) is 3.27. The number of rotatable bonds is 4. The van der Waals surface area contributed by atoms with Gasteiger partial charge < -0.3 is 10.3 Å². The molecule has 1 unspecified atom stereocenters. The number of aromatic nitrogens is 1. The predicted octanol–water partition coefficient (Wildman–Crippen LogP) is 3.16. The van der Waals surface area contributed by atoms with Crippen LogP contribution in [0, 0.1) is 0 Å². The van der Waals surface area contributed by atoms with Crippen molar-refractivity contribution in [3.63, 3.8) is 0 Å². The van der Waals surface area contributed by atoms with Crippen LogP contribution in [0.15, 0.2) is 47.5 Å². The first kappa shape index (κ1) is 14.3. The van der Waals surface area contributed by atoms with Gasteiger partial charge >= 0.3 is 0 Å². The maximum absolute atomic E-state index is 12.3. The summed E-state index contributed by atoms with van der Waals surface area (Å²) in [6.45, 7) is 1.92. The Labute approximate surface area is 121 Å². The number of pyridine rings is 1. The Morgan fingerprint density at radius 3 is 2.85 bits per heavy atom. The topological polar surface area (TPSA) is 62.0 Å². The highest BCUT2D eigenvalue weighted by Crippen LogP contribution is 2.23. The van der Waals surface area contributed by atoms with E-state index in [1.807, 2.05) is 19.1 Å². The Kier molecular flexibility index (Phi) is 4.58. The van der Waals surface area contributed by atoms with E-state index >= 15 is 0 Å². The fraction of sp³-hybridized carbons (Fsp3) is 0.200. The van der Waals surface area contributed by atoms with Gasteiger partial charge in [-0.05, 0) is 24.1 Å². The molecule has 1 amide bonds. The average molecular weight is 291 g/mol. The molecule has 0 fully saturated rings. The van der Waals surface area contributed by atoms with E-state index in [0.717, 1.165) is 5.56 Å². The van der Waals surface area contributed by atoms with Crippen LogP contribution in [0.3, 0.4) is 0 Å². The normalized spacial score (nSPS) is 11.9. The summed E-state index contributed by atoms with van der Waals surface area (Å²) in [6.07, 6.45) is 3.62. The summed E-state index contributed by atoms with van der Waals surface area (Å²) in [4.78, 5) is 26.7. The second kappa shape index (κ2) is 6.39. The Morgan fingerprint density at radius 2 is 2.20 bits per heavy atom. The number of benzene rings is 1. The molecule has 0 aliphatic rings. The van der Waals surface area contributed by atoms with E-state index < -0.39 is 0 Å². The first-order chi connectivity index (χ1) is 9.61. The number of hydrogen-bond acceptors (Lipinski definition) is 2. The molecule has 0 aliphatic carbocycles. The van der Waals surface area contributed by atoms with Gasteiger partial charge in [0.25, 0.3) is 0 Å². The van der Waals surface area contributed by atoms with Crippen molar-refractivity contribution in [1.82, 2.24) is 4.98 Å². The maximum atomic E-state index is 12.3. The number of nitrogens with one attached hydrogen (secondary N) is 2. The van der Waals surface area contributed by atoms with Crippen LogP contribution in [0.1, 0.15) is 24.8 Å². The quantitative estimate of drug-likeness (QED) is 0.908. The minimum Gasteiger partial charge on any atom is -0.366 e. The number of aromatic amines is 1. The molecular weight excluding hydrogens is 276 g/mol. The summed E-state index contributed by atoms with van der Waals surface area (Å²) in [7, 11) is 0. The van der Waals surface area contributed by atoms with E-state index in [4.69, 9.17) is 11.6 Å². The van der Waals surface area contributed by atoms with Crippen LogP contribution >= 0.6 is 11.6 Å². The lowest BCUT2D eigenvalue weighted by Gasteiger charge is -2.15. The van der Waals surface area contributed by atoms with Crippen molar-refractivity contribution in [2.24, 2.45) is 0 Å². The predicted molar refractivity (Wildman–Crippen MR) is 80.2 cm³/mol. The first-order valence-corrected chi connectivity index (χ1v) is 6.73.